The summed E-state index contributed by atoms with van der Waals surface area (Å²) in [4.78, 5) is 16.5. The van der Waals surface area contributed by atoms with Gasteiger partial charge in [-0.1, -0.05) is 12.1 Å². The van der Waals surface area contributed by atoms with Crippen LogP contribution in [0.1, 0.15) is 35.7 Å². The SMILES string of the molecule is O=C(Cn1nc(C(F)(F)F)c(Br)c1C1CC1)N1CCN(Cc2cccc(F)c2)CC1. The Balaban J connectivity index is 1.38. The van der Waals surface area contributed by atoms with Crippen molar-refractivity contribution in [3.63, 3.8) is 0 Å². The number of carbonyl (C=O) groups is 1. The second kappa shape index (κ2) is 8.30. The van der Waals surface area contributed by atoms with Crippen LogP contribution in [0.2, 0.25) is 0 Å². The molecule has 0 N–H and O–H groups in total. The number of rotatable bonds is 5. The molecule has 4 rings (SSSR count). The summed E-state index contributed by atoms with van der Waals surface area (Å²) in [6.07, 6.45) is -2.97. The lowest BCUT2D eigenvalue weighted by molar-refractivity contribution is -0.142. The Morgan fingerprint density at radius 3 is 2.47 bits per heavy atom. The molecule has 0 atom stereocenters. The van der Waals surface area contributed by atoms with Crippen molar-refractivity contribution in [2.75, 3.05) is 26.2 Å². The van der Waals surface area contributed by atoms with Crippen LogP contribution in [-0.4, -0.2) is 51.7 Å². The molecule has 0 radical (unpaired) electrons. The van der Waals surface area contributed by atoms with E-state index in [1.165, 1.54) is 16.8 Å². The number of amides is 1. The predicted octanol–water partition coefficient (Wildman–Crippen LogP) is 4.03. The number of hydrogen-bond donors (Lipinski definition) is 0. The molecule has 162 valence electrons. The van der Waals surface area contributed by atoms with E-state index >= 15 is 0 Å². The third-order valence-electron chi connectivity index (χ3n) is 5.47. The second-order valence-corrected chi connectivity index (χ2v) is 8.56. The number of nitrogens with zero attached hydrogens (tertiary/aromatic N) is 4. The first-order valence-electron chi connectivity index (χ1n) is 9.80. The number of benzene rings is 1. The van der Waals surface area contributed by atoms with E-state index in [4.69, 9.17) is 0 Å². The smallest absolute Gasteiger partial charge is 0.339 e. The molecule has 0 spiro atoms. The van der Waals surface area contributed by atoms with Crippen molar-refractivity contribution >= 4 is 21.8 Å². The van der Waals surface area contributed by atoms with Crippen molar-refractivity contribution in [3.05, 3.63) is 51.5 Å². The molecular weight excluding hydrogens is 468 g/mol. The Labute approximate surface area is 179 Å². The highest BCUT2D eigenvalue weighted by Crippen LogP contribution is 2.47. The third kappa shape index (κ3) is 4.69. The second-order valence-electron chi connectivity index (χ2n) is 7.76. The van der Waals surface area contributed by atoms with Gasteiger partial charge in [-0.2, -0.15) is 18.3 Å². The number of alkyl halides is 3. The maximum absolute atomic E-state index is 13.3. The van der Waals surface area contributed by atoms with Gasteiger partial charge in [-0.3, -0.25) is 14.4 Å². The summed E-state index contributed by atoms with van der Waals surface area (Å²) < 4.78 is 54.2. The summed E-state index contributed by atoms with van der Waals surface area (Å²) in [6.45, 7) is 2.57. The van der Waals surface area contributed by atoms with Crippen LogP contribution in [0, 0.1) is 5.82 Å². The van der Waals surface area contributed by atoms with Crippen LogP contribution in [0.4, 0.5) is 17.6 Å². The monoisotopic (exact) mass is 488 g/mol. The van der Waals surface area contributed by atoms with Crippen molar-refractivity contribution in [3.8, 4) is 0 Å². The van der Waals surface area contributed by atoms with Crippen LogP contribution in [-0.2, 0) is 24.1 Å². The van der Waals surface area contributed by atoms with Gasteiger partial charge in [-0.25, -0.2) is 4.39 Å². The van der Waals surface area contributed by atoms with Gasteiger partial charge >= 0.3 is 6.18 Å². The molecule has 2 heterocycles. The van der Waals surface area contributed by atoms with Gasteiger partial charge in [-0.05, 0) is 46.5 Å². The van der Waals surface area contributed by atoms with Crippen molar-refractivity contribution in [1.29, 1.82) is 0 Å². The van der Waals surface area contributed by atoms with Gasteiger partial charge in [-0.15, -0.1) is 0 Å². The van der Waals surface area contributed by atoms with Gasteiger partial charge in [0.15, 0.2) is 5.69 Å². The number of piperazine rings is 1. The molecule has 30 heavy (non-hydrogen) atoms. The van der Waals surface area contributed by atoms with E-state index < -0.39 is 11.9 Å². The molecule has 1 aliphatic heterocycles. The molecular formula is C20H21BrF4N4O. The first-order chi connectivity index (χ1) is 14.2. The van der Waals surface area contributed by atoms with E-state index in [0.29, 0.717) is 38.4 Å². The summed E-state index contributed by atoms with van der Waals surface area (Å²) in [7, 11) is 0. The highest BCUT2D eigenvalue weighted by atomic mass is 79.9. The van der Waals surface area contributed by atoms with Crippen LogP contribution >= 0.6 is 15.9 Å². The van der Waals surface area contributed by atoms with Crippen LogP contribution in [0.15, 0.2) is 28.7 Å². The van der Waals surface area contributed by atoms with Crippen LogP contribution in [0.3, 0.4) is 0 Å². The quantitative estimate of drug-likeness (QED) is 0.596. The van der Waals surface area contributed by atoms with Crippen LogP contribution < -0.4 is 0 Å². The Kier molecular flexibility index (Phi) is 5.89. The van der Waals surface area contributed by atoms with Gasteiger partial charge < -0.3 is 4.90 Å². The van der Waals surface area contributed by atoms with Crippen molar-refractivity contribution in [1.82, 2.24) is 19.6 Å². The van der Waals surface area contributed by atoms with Crippen LogP contribution in [0.5, 0.6) is 0 Å². The lowest BCUT2D eigenvalue weighted by Gasteiger charge is -2.34. The van der Waals surface area contributed by atoms with Gasteiger partial charge in [0.05, 0.1) is 10.2 Å². The number of aromatic nitrogens is 2. The first kappa shape index (κ1) is 21.3. The number of carbonyl (C=O) groups excluding carboxylic acids is 1. The Morgan fingerprint density at radius 2 is 1.87 bits per heavy atom. The summed E-state index contributed by atoms with van der Waals surface area (Å²) in [5.74, 6) is -0.513. The zero-order chi connectivity index (χ0) is 21.5. The highest BCUT2D eigenvalue weighted by Gasteiger charge is 2.42. The molecule has 1 aliphatic carbocycles. The Morgan fingerprint density at radius 1 is 1.17 bits per heavy atom. The predicted molar refractivity (Wildman–Crippen MR) is 105 cm³/mol. The highest BCUT2D eigenvalue weighted by molar-refractivity contribution is 9.10. The minimum absolute atomic E-state index is 0.0129. The van der Waals surface area contributed by atoms with Gasteiger partial charge in [0.1, 0.15) is 12.4 Å². The molecule has 1 aromatic heterocycles. The topological polar surface area (TPSA) is 41.4 Å². The Hall–Kier alpha value is -1.94. The van der Waals surface area contributed by atoms with E-state index in [-0.39, 0.29) is 28.7 Å². The Bertz CT molecular complexity index is 933. The summed E-state index contributed by atoms with van der Waals surface area (Å²) >= 11 is 3.05. The zero-order valence-corrected chi connectivity index (χ0v) is 17.7. The summed E-state index contributed by atoms with van der Waals surface area (Å²) in [5.41, 5.74) is 0.349. The van der Waals surface area contributed by atoms with E-state index in [2.05, 4.69) is 25.9 Å². The average Bonchev–Trinajstić information content (AvgIpc) is 3.45. The minimum Gasteiger partial charge on any atom is -0.339 e. The molecule has 0 unspecified atom stereocenters. The van der Waals surface area contributed by atoms with E-state index in [1.807, 2.05) is 6.07 Å². The van der Waals surface area contributed by atoms with Crippen molar-refractivity contribution in [2.24, 2.45) is 0 Å². The molecule has 2 aromatic rings. The standard InChI is InChI=1S/C20H21BrF4N4O/c21-17-18(14-4-5-14)29(26-19(17)20(23,24)25)12-16(30)28-8-6-27(7-9-28)11-13-2-1-3-15(22)10-13/h1-3,10,14H,4-9,11-12H2. The van der Waals surface area contributed by atoms with Crippen molar-refractivity contribution < 1.29 is 22.4 Å². The summed E-state index contributed by atoms with van der Waals surface area (Å²) in [5, 5.41) is 3.71. The number of hydrogen-bond acceptors (Lipinski definition) is 3. The zero-order valence-electron chi connectivity index (χ0n) is 16.1. The molecule has 1 saturated carbocycles. The molecule has 2 aliphatic rings. The molecule has 0 bridgehead atoms. The first-order valence-corrected chi connectivity index (χ1v) is 10.6. The van der Waals surface area contributed by atoms with E-state index in [0.717, 1.165) is 18.4 Å². The fourth-order valence-electron chi connectivity index (χ4n) is 3.78. The molecule has 5 nitrogen and oxygen atoms in total. The molecule has 1 saturated heterocycles. The number of halogens is 5. The maximum atomic E-state index is 13.3. The third-order valence-corrected chi connectivity index (χ3v) is 6.25. The fourth-order valence-corrected chi connectivity index (χ4v) is 4.61. The van der Waals surface area contributed by atoms with Gasteiger partial charge in [0.2, 0.25) is 5.91 Å². The molecule has 10 heteroatoms. The lowest BCUT2D eigenvalue weighted by atomic mass is 10.2. The largest absolute Gasteiger partial charge is 0.436 e. The van der Waals surface area contributed by atoms with Crippen molar-refractivity contribution in [2.45, 2.75) is 38.0 Å². The summed E-state index contributed by atoms with van der Waals surface area (Å²) in [6, 6.07) is 6.41. The minimum atomic E-state index is -4.57. The van der Waals surface area contributed by atoms with Gasteiger partial charge in [0, 0.05) is 38.6 Å². The van der Waals surface area contributed by atoms with E-state index in [9.17, 15) is 22.4 Å². The molecule has 2 fully saturated rings. The molecule has 1 aromatic carbocycles. The fraction of sp³-hybridized carbons (Fsp3) is 0.500. The van der Waals surface area contributed by atoms with Gasteiger partial charge in [0.25, 0.3) is 0 Å². The average molecular weight is 489 g/mol. The van der Waals surface area contributed by atoms with E-state index in [1.54, 1.807) is 11.0 Å². The van der Waals surface area contributed by atoms with Crippen LogP contribution in [0.25, 0.3) is 0 Å². The normalized spacial score (nSPS) is 18.1. The lowest BCUT2D eigenvalue weighted by Crippen LogP contribution is -2.49. The molecule has 1 amide bonds. The maximum Gasteiger partial charge on any atom is 0.436 e.